The number of nitrogens with zero attached hydrogens (tertiary/aromatic N) is 3. The van der Waals surface area contributed by atoms with Gasteiger partial charge in [0.2, 0.25) is 0 Å². The summed E-state index contributed by atoms with van der Waals surface area (Å²) >= 11 is 6.00. The van der Waals surface area contributed by atoms with Crippen molar-refractivity contribution >= 4 is 17.6 Å². The molecule has 1 aromatic carbocycles. The van der Waals surface area contributed by atoms with Gasteiger partial charge in [0.15, 0.2) is 5.60 Å². The smallest absolute Gasteiger partial charge is 0.335 e. The number of carbonyl (C=O) groups is 1. The fraction of sp³-hybridized carbons (Fsp3) is 0.250. The molecule has 0 saturated heterocycles. The van der Waals surface area contributed by atoms with Gasteiger partial charge in [-0.15, -0.1) is 0 Å². The van der Waals surface area contributed by atoms with Crippen LogP contribution in [0.15, 0.2) is 54.9 Å². The van der Waals surface area contributed by atoms with Gasteiger partial charge in [-0.3, -0.25) is 9.67 Å². The van der Waals surface area contributed by atoms with Gasteiger partial charge in [-0.2, -0.15) is 5.10 Å². The lowest BCUT2D eigenvalue weighted by atomic mass is 10.1. The first kappa shape index (κ1) is 19.1. The number of aromatic nitrogens is 3. The van der Waals surface area contributed by atoms with Crippen molar-refractivity contribution in [3.63, 3.8) is 0 Å². The highest BCUT2D eigenvalue weighted by Crippen LogP contribution is 2.24. The standard InChI is InChI=1S/C20H20ClN3O3/c1-20(2,19(25)26)27-13-17-11-18(15-3-5-16(21)6-4-15)24(23-17)12-14-7-9-22-10-8-14/h3-11H,12-13H2,1-2H3,(H,25,26). The molecule has 140 valence electrons. The molecule has 0 atom stereocenters. The minimum absolute atomic E-state index is 0.100. The van der Waals surface area contributed by atoms with E-state index >= 15 is 0 Å². The molecule has 0 aliphatic rings. The van der Waals surface area contributed by atoms with Gasteiger partial charge in [0.1, 0.15) is 0 Å². The van der Waals surface area contributed by atoms with E-state index in [1.54, 1.807) is 12.4 Å². The molecule has 3 aromatic rings. The normalized spacial score (nSPS) is 11.5. The first-order valence-corrected chi connectivity index (χ1v) is 8.82. The number of carboxylic acid groups (broad SMARTS) is 1. The maximum Gasteiger partial charge on any atom is 0.335 e. The van der Waals surface area contributed by atoms with Gasteiger partial charge >= 0.3 is 5.97 Å². The molecule has 0 saturated carbocycles. The maximum atomic E-state index is 11.2. The third-order valence-electron chi connectivity index (χ3n) is 4.15. The lowest BCUT2D eigenvalue weighted by Crippen LogP contribution is -2.34. The number of pyridine rings is 1. The lowest BCUT2D eigenvalue weighted by Gasteiger charge is -2.19. The molecule has 0 radical (unpaired) electrons. The average molecular weight is 386 g/mol. The van der Waals surface area contributed by atoms with E-state index in [-0.39, 0.29) is 6.61 Å². The predicted octanol–water partition coefficient (Wildman–Crippen LogP) is 4.03. The third kappa shape index (κ3) is 4.72. The van der Waals surface area contributed by atoms with Gasteiger partial charge in [-0.05, 0) is 55.3 Å². The van der Waals surface area contributed by atoms with Crippen LogP contribution in [0.25, 0.3) is 11.3 Å². The van der Waals surface area contributed by atoms with Crippen LogP contribution in [0.2, 0.25) is 5.02 Å². The predicted molar refractivity (Wildman–Crippen MR) is 103 cm³/mol. The molecule has 0 aliphatic carbocycles. The Balaban J connectivity index is 1.91. The molecule has 1 N–H and O–H groups in total. The molecule has 0 unspecified atom stereocenters. The van der Waals surface area contributed by atoms with E-state index < -0.39 is 11.6 Å². The zero-order valence-corrected chi connectivity index (χ0v) is 15.8. The molecule has 2 heterocycles. The van der Waals surface area contributed by atoms with E-state index in [0.717, 1.165) is 16.8 Å². The van der Waals surface area contributed by atoms with E-state index in [4.69, 9.17) is 16.3 Å². The summed E-state index contributed by atoms with van der Waals surface area (Å²) in [7, 11) is 0. The van der Waals surface area contributed by atoms with Gasteiger partial charge in [0, 0.05) is 17.4 Å². The zero-order valence-electron chi connectivity index (χ0n) is 15.1. The van der Waals surface area contributed by atoms with Gasteiger partial charge in [0.05, 0.1) is 24.5 Å². The van der Waals surface area contributed by atoms with Gasteiger partial charge in [0.25, 0.3) is 0 Å². The number of hydrogen-bond donors (Lipinski definition) is 1. The van der Waals surface area contributed by atoms with Crippen molar-refractivity contribution in [3.05, 3.63) is 71.1 Å². The summed E-state index contributed by atoms with van der Waals surface area (Å²) in [6, 6.07) is 13.3. The molecule has 0 fully saturated rings. The maximum absolute atomic E-state index is 11.2. The van der Waals surface area contributed by atoms with Crippen LogP contribution in [-0.2, 0) is 22.7 Å². The van der Waals surface area contributed by atoms with Crippen LogP contribution in [-0.4, -0.2) is 31.4 Å². The first-order chi connectivity index (χ1) is 12.8. The Morgan fingerprint density at radius 2 is 1.85 bits per heavy atom. The number of rotatable bonds is 7. The SMILES string of the molecule is CC(C)(OCc1cc(-c2ccc(Cl)cc2)n(Cc2ccncc2)n1)C(=O)O. The molecule has 0 aliphatic heterocycles. The highest BCUT2D eigenvalue weighted by Gasteiger charge is 2.28. The summed E-state index contributed by atoms with van der Waals surface area (Å²) in [5, 5.41) is 14.5. The second-order valence-corrected chi connectivity index (χ2v) is 7.08. The summed E-state index contributed by atoms with van der Waals surface area (Å²) in [6.07, 6.45) is 3.47. The summed E-state index contributed by atoms with van der Waals surface area (Å²) in [5.41, 5.74) is 2.29. The third-order valence-corrected chi connectivity index (χ3v) is 4.40. The van der Waals surface area contributed by atoms with Crippen molar-refractivity contribution in [1.29, 1.82) is 0 Å². The Labute approximate surface area is 162 Å². The second kappa shape index (κ2) is 7.90. The summed E-state index contributed by atoms with van der Waals surface area (Å²) in [6.45, 7) is 3.69. The first-order valence-electron chi connectivity index (χ1n) is 8.44. The Morgan fingerprint density at radius 3 is 2.48 bits per heavy atom. The minimum atomic E-state index is -1.28. The molecule has 27 heavy (non-hydrogen) atoms. The van der Waals surface area contributed by atoms with Crippen molar-refractivity contribution in [2.24, 2.45) is 0 Å². The Hall–Kier alpha value is -2.70. The Kier molecular flexibility index (Phi) is 5.58. The Bertz CT molecular complexity index is 921. The topological polar surface area (TPSA) is 77.2 Å². The quantitative estimate of drug-likeness (QED) is 0.664. The van der Waals surface area contributed by atoms with Crippen LogP contribution in [0.4, 0.5) is 0 Å². The largest absolute Gasteiger partial charge is 0.479 e. The molecule has 0 spiro atoms. The van der Waals surface area contributed by atoms with Gasteiger partial charge in [-0.25, -0.2) is 4.79 Å². The summed E-state index contributed by atoms with van der Waals surface area (Å²) < 4.78 is 7.41. The minimum Gasteiger partial charge on any atom is -0.479 e. The monoisotopic (exact) mass is 385 g/mol. The average Bonchev–Trinajstić information content (AvgIpc) is 3.04. The van der Waals surface area contributed by atoms with Crippen molar-refractivity contribution in [2.45, 2.75) is 32.6 Å². The lowest BCUT2D eigenvalue weighted by molar-refractivity contribution is -0.162. The van der Waals surface area contributed by atoms with E-state index in [9.17, 15) is 9.90 Å². The number of benzene rings is 1. The van der Waals surface area contributed by atoms with Crippen molar-refractivity contribution in [1.82, 2.24) is 14.8 Å². The van der Waals surface area contributed by atoms with Gasteiger partial charge in [-0.1, -0.05) is 23.7 Å². The molecule has 2 aromatic heterocycles. The molecule has 3 rings (SSSR count). The number of carboxylic acids is 1. The van der Waals surface area contributed by atoms with Crippen LogP contribution in [0.1, 0.15) is 25.1 Å². The zero-order chi connectivity index (χ0) is 19.4. The number of aliphatic carboxylic acids is 1. The molecule has 0 bridgehead atoms. The van der Waals surface area contributed by atoms with E-state index in [2.05, 4.69) is 10.1 Å². The molecular formula is C20H20ClN3O3. The van der Waals surface area contributed by atoms with Crippen LogP contribution in [0.3, 0.4) is 0 Å². The second-order valence-electron chi connectivity index (χ2n) is 6.65. The molecular weight excluding hydrogens is 366 g/mol. The molecule has 6 nitrogen and oxygen atoms in total. The van der Waals surface area contributed by atoms with Crippen LogP contribution < -0.4 is 0 Å². The van der Waals surface area contributed by atoms with Crippen molar-refractivity contribution < 1.29 is 14.6 Å². The fourth-order valence-corrected chi connectivity index (χ4v) is 2.62. The molecule has 0 amide bonds. The van der Waals surface area contributed by atoms with E-state index in [1.165, 1.54) is 13.8 Å². The molecule has 7 heteroatoms. The summed E-state index contributed by atoms with van der Waals surface area (Å²) in [4.78, 5) is 15.3. The van der Waals surface area contributed by atoms with Crippen LogP contribution in [0, 0.1) is 0 Å². The van der Waals surface area contributed by atoms with E-state index in [1.807, 2.05) is 47.1 Å². The number of ether oxygens (including phenoxy) is 1. The fourth-order valence-electron chi connectivity index (χ4n) is 2.49. The number of hydrogen-bond acceptors (Lipinski definition) is 4. The van der Waals surface area contributed by atoms with Crippen molar-refractivity contribution in [3.8, 4) is 11.3 Å². The Morgan fingerprint density at radius 1 is 1.19 bits per heavy atom. The highest BCUT2D eigenvalue weighted by atomic mass is 35.5. The van der Waals surface area contributed by atoms with Crippen molar-refractivity contribution in [2.75, 3.05) is 0 Å². The summed E-state index contributed by atoms with van der Waals surface area (Å²) in [5.74, 6) is -1.02. The van der Waals surface area contributed by atoms with Crippen LogP contribution in [0.5, 0.6) is 0 Å². The highest BCUT2D eigenvalue weighted by molar-refractivity contribution is 6.30. The number of halogens is 1. The van der Waals surface area contributed by atoms with Gasteiger partial charge < -0.3 is 9.84 Å². The van der Waals surface area contributed by atoms with E-state index in [0.29, 0.717) is 17.3 Å². The van der Waals surface area contributed by atoms with Crippen LogP contribution >= 0.6 is 11.6 Å².